The lowest BCUT2D eigenvalue weighted by molar-refractivity contribution is -0.129. The Hall–Kier alpha value is -0.900. The molecule has 1 heterocycles. The molecular weight excluding hydrogens is 108 g/mol. The van der Waals surface area contributed by atoms with Gasteiger partial charge in [-0.2, -0.15) is 0 Å². The summed E-state index contributed by atoms with van der Waals surface area (Å²) in [4.78, 5) is 13.7. The van der Waals surface area contributed by atoms with Crippen LogP contribution in [0.4, 0.5) is 0 Å². The van der Waals surface area contributed by atoms with Gasteiger partial charge in [0.2, 0.25) is 0 Å². The summed E-state index contributed by atoms with van der Waals surface area (Å²) < 4.78 is 0. The second-order valence-corrected chi connectivity index (χ2v) is 1.49. The number of aliphatic carboxylic acids is 1. The Morgan fingerprint density at radius 1 is 1.88 bits per heavy atom. The minimum absolute atomic E-state index is 0.227. The maximum Gasteiger partial charge on any atom is 0.351 e. The van der Waals surface area contributed by atoms with Crippen LogP contribution in [0.3, 0.4) is 0 Å². The number of aliphatic imine (C=N–C) groups is 1. The van der Waals surface area contributed by atoms with Gasteiger partial charge in [0.15, 0.2) is 0 Å². The van der Waals surface area contributed by atoms with Gasteiger partial charge >= 0.3 is 5.97 Å². The van der Waals surface area contributed by atoms with Gasteiger partial charge in [-0.3, -0.25) is 10.3 Å². The van der Waals surface area contributed by atoms with Crippen molar-refractivity contribution in [1.82, 2.24) is 5.32 Å². The number of carboxylic acid groups (broad SMARTS) is 1. The molecule has 1 aliphatic heterocycles. The number of hydrogen-bond acceptors (Lipinski definition) is 3. The molecule has 0 amide bonds. The summed E-state index contributed by atoms with van der Waals surface area (Å²) >= 11 is 0. The van der Waals surface area contributed by atoms with Gasteiger partial charge in [0.1, 0.15) is 5.71 Å². The fraction of sp³-hybridized carbons (Fsp3) is 0.500. The first-order valence-electron chi connectivity index (χ1n) is 2.28. The molecule has 1 aliphatic rings. The second-order valence-electron chi connectivity index (χ2n) is 1.49. The van der Waals surface area contributed by atoms with Crippen molar-refractivity contribution >= 4 is 11.7 Å². The number of nitrogens with one attached hydrogen (secondary N) is 1. The molecular formula is C4H6N2O2. The summed E-state index contributed by atoms with van der Waals surface area (Å²) in [6, 6.07) is 0. The van der Waals surface area contributed by atoms with Crippen molar-refractivity contribution in [3.63, 3.8) is 0 Å². The normalized spacial score (nSPS) is 18.2. The minimum Gasteiger partial charge on any atom is -0.477 e. The standard InChI is InChI=1S/C4H6N2O2/c7-4(8)3-1-5-2-6-3/h5H,1-2H2,(H,7,8). The number of rotatable bonds is 1. The molecule has 8 heavy (non-hydrogen) atoms. The van der Waals surface area contributed by atoms with Gasteiger partial charge in [0, 0.05) is 6.54 Å². The van der Waals surface area contributed by atoms with Gasteiger partial charge in [-0.1, -0.05) is 0 Å². The first-order valence-corrected chi connectivity index (χ1v) is 2.28. The molecule has 0 bridgehead atoms. The molecule has 0 atom stereocenters. The zero-order chi connectivity index (χ0) is 5.98. The Morgan fingerprint density at radius 2 is 2.62 bits per heavy atom. The lowest BCUT2D eigenvalue weighted by atomic mass is 10.4. The van der Waals surface area contributed by atoms with Crippen LogP contribution < -0.4 is 5.32 Å². The van der Waals surface area contributed by atoms with E-state index in [1.165, 1.54) is 0 Å². The van der Waals surface area contributed by atoms with Gasteiger partial charge in [-0.05, 0) is 0 Å². The van der Waals surface area contributed by atoms with Crippen molar-refractivity contribution in [2.45, 2.75) is 0 Å². The molecule has 0 saturated heterocycles. The maximum atomic E-state index is 10.0. The van der Waals surface area contributed by atoms with Crippen molar-refractivity contribution in [2.24, 2.45) is 4.99 Å². The van der Waals surface area contributed by atoms with Crippen molar-refractivity contribution in [1.29, 1.82) is 0 Å². The highest BCUT2D eigenvalue weighted by Gasteiger charge is 2.11. The smallest absolute Gasteiger partial charge is 0.351 e. The number of carbonyl (C=O) groups is 1. The van der Waals surface area contributed by atoms with Crippen LogP contribution in [0, 0.1) is 0 Å². The van der Waals surface area contributed by atoms with Crippen molar-refractivity contribution in [3.05, 3.63) is 0 Å². The van der Waals surface area contributed by atoms with Crippen LogP contribution in [-0.2, 0) is 4.79 Å². The Balaban J connectivity index is 2.57. The first kappa shape index (κ1) is 5.24. The van der Waals surface area contributed by atoms with E-state index in [9.17, 15) is 4.79 Å². The summed E-state index contributed by atoms with van der Waals surface area (Å²) in [6.07, 6.45) is 0. The highest BCUT2D eigenvalue weighted by molar-refractivity contribution is 6.36. The lowest BCUT2D eigenvalue weighted by Crippen LogP contribution is -2.20. The van der Waals surface area contributed by atoms with Crippen molar-refractivity contribution in [3.8, 4) is 0 Å². The largest absolute Gasteiger partial charge is 0.477 e. The van der Waals surface area contributed by atoms with E-state index in [1.807, 2.05) is 0 Å². The third-order valence-corrected chi connectivity index (χ3v) is 0.921. The fourth-order valence-electron chi connectivity index (χ4n) is 0.525. The molecule has 0 saturated carbocycles. The summed E-state index contributed by atoms with van der Waals surface area (Å²) in [7, 11) is 0. The van der Waals surface area contributed by atoms with E-state index in [-0.39, 0.29) is 5.71 Å². The van der Waals surface area contributed by atoms with E-state index < -0.39 is 5.97 Å². The third kappa shape index (κ3) is 0.840. The number of hydrogen-bond donors (Lipinski definition) is 2. The van der Waals surface area contributed by atoms with Gasteiger partial charge in [0.25, 0.3) is 0 Å². The molecule has 0 unspecified atom stereocenters. The van der Waals surface area contributed by atoms with E-state index in [0.717, 1.165) is 0 Å². The molecule has 0 aliphatic carbocycles. The summed E-state index contributed by atoms with van der Waals surface area (Å²) in [5, 5.41) is 11.0. The Kier molecular flexibility index (Phi) is 1.26. The highest BCUT2D eigenvalue weighted by atomic mass is 16.4. The quantitative estimate of drug-likeness (QED) is 0.463. The Bertz CT molecular complexity index is 141. The minimum atomic E-state index is -0.921. The van der Waals surface area contributed by atoms with E-state index in [0.29, 0.717) is 13.2 Å². The Morgan fingerprint density at radius 3 is 2.88 bits per heavy atom. The predicted molar refractivity (Wildman–Crippen MR) is 27.9 cm³/mol. The van der Waals surface area contributed by atoms with Gasteiger partial charge in [-0.15, -0.1) is 0 Å². The Labute approximate surface area is 46.2 Å². The molecule has 1 rings (SSSR count). The third-order valence-electron chi connectivity index (χ3n) is 0.921. The SMILES string of the molecule is O=C(O)C1=NCNC1. The zero-order valence-electron chi connectivity index (χ0n) is 4.22. The predicted octanol–water partition coefficient (Wildman–Crippen LogP) is -0.927. The summed E-state index contributed by atoms with van der Waals surface area (Å²) in [6.45, 7) is 0.844. The van der Waals surface area contributed by atoms with Crippen LogP contribution in [-0.4, -0.2) is 30.0 Å². The van der Waals surface area contributed by atoms with Crippen LogP contribution in [0.2, 0.25) is 0 Å². The molecule has 0 aromatic heterocycles. The van der Waals surface area contributed by atoms with Crippen LogP contribution in [0.1, 0.15) is 0 Å². The van der Waals surface area contributed by atoms with Gasteiger partial charge in [0.05, 0.1) is 6.67 Å². The molecule has 4 heteroatoms. The molecule has 44 valence electrons. The van der Waals surface area contributed by atoms with E-state index in [2.05, 4.69) is 10.3 Å². The van der Waals surface area contributed by atoms with Gasteiger partial charge in [-0.25, -0.2) is 4.79 Å². The van der Waals surface area contributed by atoms with E-state index >= 15 is 0 Å². The second kappa shape index (κ2) is 1.92. The summed E-state index contributed by atoms with van der Waals surface area (Å²) in [5.74, 6) is -0.921. The van der Waals surface area contributed by atoms with Crippen LogP contribution in [0.5, 0.6) is 0 Å². The highest BCUT2D eigenvalue weighted by Crippen LogP contribution is 1.84. The molecule has 0 radical (unpaired) electrons. The fourth-order valence-corrected chi connectivity index (χ4v) is 0.525. The number of carboxylic acids is 1. The molecule has 0 aromatic carbocycles. The van der Waals surface area contributed by atoms with Gasteiger partial charge < -0.3 is 5.11 Å². The van der Waals surface area contributed by atoms with Crippen molar-refractivity contribution in [2.75, 3.05) is 13.2 Å². The zero-order valence-corrected chi connectivity index (χ0v) is 4.22. The lowest BCUT2D eigenvalue weighted by Gasteiger charge is -1.85. The average Bonchev–Trinajstić information content (AvgIpc) is 2.12. The molecule has 4 nitrogen and oxygen atoms in total. The summed E-state index contributed by atoms with van der Waals surface area (Å²) in [5.41, 5.74) is 0.227. The first-order chi connectivity index (χ1) is 3.80. The number of nitrogens with zero attached hydrogens (tertiary/aromatic N) is 1. The monoisotopic (exact) mass is 114 g/mol. The van der Waals surface area contributed by atoms with Crippen molar-refractivity contribution < 1.29 is 9.90 Å². The topological polar surface area (TPSA) is 61.7 Å². The van der Waals surface area contributed by atoms with Crippen LogP contribution in [0.15, 0.2) is 4.99 Å². The van der Waals surface area contributed by atoms with E-state index in [4.69, 9.17) is 5.11 Å². The maximum absolute atomic E-state index is 10.0. The van der Waals surface area contributed by atoms with E-state index in [1.54, 1.807) is 0 Å². The average molecular weight is 114 g/mol. The van der Waals surface area contributed by atoms with Crippen LogP contribution >= 0.6 is 0 Å². The molecule has 2 N–H and O–H groups in total. The van der Waals surface area contributed by atoms with Crippen LogP contribution in [0.25, 0.3) is 0 Å². The molecule has 0 spiro atoms. The molecule has 0 fully saturated rings. The molecule has 0 aromatic rings.